The lowest BCUT2D eigenvalue weighted by Crippen LogP contribution is -2.10. The number of fused-ring (bicyclic) bond motifs is 1. The van der Waals surface area contributed by atoms with E-state index in [1.165, 1.54) is 5.56 Å². The number of rotatable bonds is 3. The van der Waals surface area contributed by atoms with Gasteiger partial charge in [0.15, 0.2) is 0 Å². The van der Waals surface area contributed by atoms with Gasteiger partial charge in [-0.05, 0) is 37.7 Å². The van der Waals surface area contributed by atoms with Crippen LogP contribution in [0.15, 0.2) is 30.6 Å². The second-order valence-electron chi connectivity index (χ2n) is 3.09. The van der Waals surface area contributed by atoms with Crippen LogP contribution in [0.2, 0.25) is 0 Å². The lowest BCUT2D eigenvalue weighted by Gasteiger charge is -2.01. The quantitative estimate of drug-likeness (QED) is 0.756. The highest BCUT2D eigenvalue weighted by Crippen LogP contribution is 2.05. The Morgan fingerprint density at radius 3 is 3.15 bits per heavy atom. The molecule has 0 bridgehead atoms. The van der Waals surface area contributed by atoms with Gasteiger partial charge in [0.05, 0.1) is 5.52 Å². The van der Waals surface area contributed by atoms with Gasteiger partial charge in [-0.3, -0.25) is 0 Å². The number of likely N-dealkylation sites (N-methyl/N-ethyl adjacent to an activating group) is 1. The van der Waals surface area contributed by atoms with Crippen molar-refractivity contribution < 1.29 is 0 Å². The highest BCUT2D eigenvalue weighted by Gasteiger charge is 1.95. The second kappa shape index (κ2) is 3.58. The van der Waals surface area contributed by atoms with Crippen LogP contribution >= 0.6 is 0 Å². The van der Waals surface area contributed by atoms with Crippen molar-refractivity contribution in [3.05, 3.63) is 36.2 Å². The summed E-state index contributed by atoms with van der Waals surface area (Å²) in [6.07, 6.45) is 4.94. The Bertz CT molecular complexity index is 392. The van der Waals surface area contributed by atoms with E-state index in [4.69, 9.17) is 0 Å². The van der Waals surface area contributed by atoms with Crippen molar-refractivity contribution in [2.45, 2.75) is 6.42 Å². The number of nitrogens with one attached hydrogen (secondary N) is 1. The monoisotopic (exact) mass is 175 g/mol. The molecule has 68 valence electrons. The first-order chi connectivity index (χ1) is 6.40. The molecule has 1 N–H and O–H groups in total. The third-order valence-corrected chi connectivity index (χ3v) is 2.12. The molecule has 0 aliphatic heterocycles. The van der Waals surface area contributed by atoms with E-state index >= 15 is 0 Å². The van der Waals surface area contributed by atoms with Crippen molar-refractivity contribution >= 4 is 5.52 Å². The van der Waals surface area contributed by atoms with Crippen LogP contribution in [0.4, 0.5) is 0 Å². The van der Waals surface area contributed by atoms with Crippen LogP contribution in [-0.4, -0.2) is 23.2 Å². The summed E-state index contributed by atoms with van der Waals surface area (Å²) in [5.41, 5.74) is 2.46. The zero-order valence-electron chi connectivity index (χ0n) is 7.70. The van der Waals surface area contributed by atoms with Crippen molar-refractivity contribution in [2.24, 2.45) is 0 Å². The predicted octanol–water partition coefficient (Wildman–Crippen LogP) is 1.10. The molecule has 0 unspecified atom stereocenters. The highest BCUT2D eigenvalue weighted by atomic mass is 15.2. The van der Waals surface area contributed by atoms with E-state index in [9.17, 15) is 0 Å². The zero-order chi connectivity index (χ0) is 9.10. The number of aromatic nitrogens is 2. The van der Waals surface area contributed by atoms with E-state index in [-0.39, 0.29) is 0 Å². The third kappa shape index (κ3) is 1.70. The Balaban J connectivity index is 2.26. The van der Waals surface area contributed by atoms with Crippen molar-refractivity contribution in [1.29, 1.82) is 0 Å². The van der Waals surface area contributed by atoms with E-state index in [1.807, 2.05) is 23.8 Å². The molecule has 0 saturated carbocycles. The van der Waals surface area contributed by atoms with Crippen LogP contribution in [0.3, 0.4) is 0 Å². The van der Waals surface area contributed by atoms with E-state index in [0.717, 1.165) is 18.5 Å². The molecule has 0 atom stereocenters. The van der Waals surface area contributed by atoms with Gasteiger partial charge < -0.3 is 5.32 Å². The van der Waals surface area contributed by atoms with Crippen LogP contribution in [0.5, 0.6) is 0 Å². The Labute approximate surface area is 77.4 Å². The molecule has 0 radical (unpaired) electrons. The average Bonchev–Trinajstić information content (AvgIpc) is 2.61. The molecule has 2 rings (SSSR count). The Morgan fingerprint density at radius 2 is 2.31 bits per heavy atom. The van der Waals surface area contributed by atoms with Crippen molar-refractivity contribution in [3.63, 3.8) is 0 Å². The standard InChI is InChI=1S/C10H13N3/c1-11-6-4-9-2-3-10-5-7-12-13(10)8-9/h2-3,5,7-8,11H,4,6H2,1H3. The molecular weight excluding hydrogens is 162 g/mol. The molecule has 0 amide bonds. The predicted molar refractivity (Wildman–Crippen MR) is 52.8 cm³/mol. The molecule has 13 heavy (non-hydrogen) atoms. The maximum atomic E-state index is 4.18. The fourth-order valence-electron chi connectivity index (χ4n) is 1.37. The summed E-state index contributed by atoms with van der Waals surface area (Å²) in [7, 11) is 1.96. The summed E-state index contributed by atoms with van der Waals surface area (Å²) in [5.74, 6) is 0. The summed E-state index contributed by atoms with van der Waals surface area (Å²) in [4.78, 5) is 0. The molecule has 0 saturated heterocycles. The first kappa shape index (κ1) is 8.26. The minimum absolute atomic E-state index is 1.01. The van der Waals surface area contributed by atoms with Gasteiger partial charge in [0.25, 0.3) is 0 Å². The van der Waals surface area contributed by atoms with Crippen LogP contribution < -0.4 is 5.32 Å². The molecule has 3 heteroatoms. The summed E-state index contributed by atoms with van der Waals surface area (Å²) < 4.78 is 1.91. The molecule has 2 aromatic heterocycles. The normalized spacial score (nSPS) is 10.8. The number of hydrogen-bond acceptors (Lipinski definition) is 2. The third-order valence-electron chi connectivity index (χ3n) is 2.12. The molecule has 2 heterocycles. The van der Waals surface area contributed by atoms with Crippen LogP contribution in [-0.2, 0) is 6.42 Å². The van der Waals surface area contributed by atoms with E-state index in [2.05, 4.69) is 28.7 Å². The molecule has 0 fully saturated rings. The molecule has 0 aliphatic carbocycles. The lowest BCUT2D eigenvalue weighted by molar-refractivity contribution is 0.784. The van der Waals surface area contributed by atoms with Crippen molar-refractivity contribution in [3.8, 4) is 0 Å². The topological polar surface area (TPSA) is 29.3 Å². The van der Waals surface area contributed by atoms with Crippen molar-refractivity contribution in [2.75, 3.05) is 13.6 Å². The fourth-order valence-corrected chi connectivity index (χ4v) is 1.37. The zero-order valence-corrected chi connectivity index (χ0v) is 7.70. The Morgan fingerprint density at radius 1 is 1.38 bits per heavy atom. The second-order valence-corrected chi connectivity index (χ2v) is 3.09. The SMILES string of the molecule is CNCCc1ccc2ccnn2c1. The smallest absolute Gasteiger partial charge is 0.0661 e. The van der Waals surface area contributed by atoms with Crippen LogP contribution in [0.1, 0.15) is 5.56 Å². The number of hydrogen-bond donors (Lipinski definition) is 1. The first-order valence-corrected chi connectivity index (χ1v) is 4.47. The minimum Gasteiger partial charge on any atom is -0.319 e. The van der Waals surface area contributed by atoms with Gasteiger partial charge in [-0.1, -0.05) is 6.07 Å². The summed E-state index contributed by atoms with van der Waals surface area (Å²) >= 11 is 0. The summed E-state index contributed by atoms with van der Waals surface area (Å²) in [6, 6.07) is 6.24. The van der Waals surface area contributed by atoms with E-state index < -0.39 is 0 Å². The van der Waals surface area contributed by atoms with Crippen molar-refractivity contribution in [1.82, 2.24) is 14.9 Å². The summed E-state index contributed by atoms with van der Waals surface area (Å²) in [5, 5.41) is 7.31. The Hall–Kier alpha value is -1.35. The molecular formula is C10H13N3. The molecule has 0 aromatic carbocycles. The van der Waals surface area contributed by atoms with E-state index in [0.29, 0.717) is 0 Å². The van der Waals surface area contributed by atoms with Gasteiger partial charge in [0, 0.05) is 12.4 Å². The van der Waals surface area contributed by atoms with Gasteiger partial charge in [-0.2, -0.15) is 5.10 Å². The lowest BCUT2D eigenvalue weighted by atomic mass is 10.2. The highest BCUT2D eigenvalue weighted by molar-refractivity contribution is 5.45. The van der Waals surface area contributed by atoms with Gasteiger partial charge in [0.2, 0.25) is 0 Å². The minimum atomic E-state index is 1.01. The first-order valence-electron chi connectivity index (χ1n) is 4.47. The van der Waals surface area contributed by atoms with Crippen LogP contribution in [0, 0.1) is 0 Å². The number of pyridine rings is 1. The molecule has 3 nitrogen and oxygen atoms in total. The van der Waals surface area contributed by atoms with Gasteiger partial charge in [-0.25, -0.2) is 4.52 Å². The maximum absolute atomic E-state index is 4.18. The molecule has 0 spiro atoms. The Kier molecular flexibility index (Phi) is 2.27. The van der Waals surface area contributed by atoms with Gasteiger partial charge >= 0.3 is 0 Å². The van der Waals surface area contributed by atoms with E-state index in [1.54, 1.807) is 0 Å². The maximum Gasteiger partial charge on any atom is 0.0661 e. The van der Waals surface area contributed by atoms with Gasteiger partial charge in [0.1, 0.15) is 0 Å². The molecule has 0 aliphatic rings. The van der Waals surface area contributed by atoms with Crippen LogP contribution in [0.25, 0.3) is 5.52 Å². The summed E-state index contributed by atoms with van der Waals surface area (Å²) in [6.45, 7) is 1.01. The number of nitrogens with zero attached hydrogens (tertiary/aromatic N) is 2. The average molecular weight is 175 g/mol. The largest absolute Gasteiger partial charge is 0.319 e. The fraction of sp³-hybridized carbons (Fsp3) is 0.300. The molecule has 2 aromatic rings. The van der Waals surface area contributed by atoms with Gasteiger partial charge in [-0.15, -0.1) is 0 Å².